The molecule has 0 aromatic heterocycles. The van der Waals surface area contributed by atoms with Crippen LogP contribution in [0.2, 0.25) is 0 Å². The number of amides is 1. The second-order valence-electron chi connectivity index (χ2n) is 6.80. The van der Waals surface area contributed by atoms with Crippen LogP contribution in [0.5, 0.6) is 0 Å². The number of carbonyl (C=O) groups is 3. The maximum atomic E-state index is 13.1. The fraction of sp³-hybridized carbons (Fsp3) is 0.824. The summed E-state index contributed by atoms with van der Waals surface area (Å²) in [5, 5.41) is 11.6. The van der Waals surface area contributed by atoms with Crippen LogP contribution in [0.15, 0.2) is 0 Å². The van der Waals surface area contributed by atoms with Crippen LogP contribution < -0.4 is 5.11 Å². The van der Waals surface area contributed by atoms with Gasteiger partial charge in [-0.15, -0.1) is 0 Å². The Morgan fingerprint density at radius 2 is 1.78 bits per heavy atom. The first-order valence-electron chi connectivity index (χ1n) is 8.65. The molecule has 0 radical (unpaired) electrons. The van der Waals surface area contributed by atoms with E-state index in [9.17, 15) is 19.5 Å². The van der Waals surface area contributed by atoms with Crippen LogP contribution in [0, 0.1) is 0 Å². The quantitative estimate of drug-likeness (QED) is 0.545. The van der Waals surface area contributed by atoms with Crippen molar-refractivity contribution in [3.8, 4) is 0 Å². The molecule has 2 unspecified atom stereocenters. The van der Waals surface area contributed by atoms with Crippen LogP contribution in [0.3, 0.4) is 0 Å². The minimum absolute atomic E-state index is 0.295. The second kappa shape index (κ2) is 7.09. The van der Waals surface area contributed by atoms with Crippen molar-refractivity contribution >= 4 is 17.7 Å². The summed E-state index contributed by atoms with van der Waals surface area (Å²) in [5.41, 5.74) is -1.07. The van der Waals surface area contributed by atoms with Gasteiger partial charge < -0.3 is 14.6 Å². The van der Waals surface area contributed by atoms with Crippen molar-refractivity contribution < 1.29 is 28.7 Å². The molecule has 0 aromatic rings. The lowest BCUT2D eigenvalue weighted by Crippen LogP contribution is -2.70. The van der Waals surface area contributed by atoms with Crippen LogP contribution in [-0.4, -0.2) is 54.0 Å². The summed E-state index contributed by atoms with van der Waals surface area (Å²) in [6, 6.07) is -0.928. The van der Waals surface area contributed by atoms with E-state index in [-0.39, 0.29) is 4.48 Å². The summed E-state index contributed by atoms with van der Waals surface area (Å²) in [6.07, 6.45) is 5.68. The van der Waals surface area contributed by atoms with Gasteiger partial charge in [0.25, 0.3) is 5.78 Å². The first kappa shape index (κ1) is 18.1. The van der Waals surface area contributed by atoms with Crippen LogP contribution in [0.25, 0.3) is 0 Å². The minimum Gasteiger partial charge on any atom is -0.544 e. The van der Waals surface area contributed by atoms with E-state index in [1.54, 1.807) is 6.92 Å². The molecule has 1 heterocycles. The molecule has 6 heteroatoms. The van der Waals surface area contributed by atoms with E-state index < -0.39 is 29.3 Å². The number of ketones is 1. The van der Waals surface area contributed by atoms with Gasteiger partial charge in [-0.25, -0.2) is 9.28 Å². The van der Waals surface area contributed by atoms with Crippen molar-refractivity contribution in [2.24, 2.45) is 0 Å². The van der Waals surface area contributed by atoms with E-state index in [0.29, 0.717) is 32.4 Å². The number of rotatable bonds is 5. The smallest absolute Gasteiger partial charge is 0.385 e. The largest absolute Gasteiger partial charge is 0.544 e. The number of carboxylic acids is 1. The summed E-state index contributed by atoms with van der Waals surface area (Å²) in [4.78, 5) is 37.6. The van der Waals surface area contributed by atoms with Gasteiger partial charge in [0.1, 0.15) is 11.6 Å². The highest BCUT2D eigenvalue weighted by Crippen LogP contribution is 2.35. The molecule has 0 aromatic carbocycles. The molecular formula is C17H27NO5. The molecule has 1 amide bonds. The van der Waals surface area contributed by atoms with Crippen molar-refractivity contribution in [3.05, 3.63) is 0 Å². The number of likely N-dealkylation sites (N-methyl/N-ethyl adjacent to an activating group) is 1. The summed E-state index contributed by atoms with van der Waals surface area (Å²) < 4.78 is 5.18. The number of aliphatic carboxylic acids is 1. The molecule has 0 N–H and O–H groups in total. The number of hydrogen-bond acceptors (Lipinski definition) is 5. The maximum Gasteiger partial charge on any atom is 0.385 e. The van der Waals surface area contributed by atoms with Gasteiger partial charge in [-0.3, -0.25) is 4.79 Å². The summed E-state index contributed by atoms with van der Waals surface area (Å²) in [6.45, 7) is 2.45. The standard InChI is InChI=1S/C17H27NO5/c1-3-18(12-8-5-9-13(18)16(21)22)15(20)14(19)17(23-2)10-6-4-7-11-17/h13H,3-12H2,1-2H3. The van der Waals surface area contributed by atoms with Crippen molar-refractivity contribution in [3.63, 3.8) is 0 Å². The summed E-state index contributed by atoms with van der Waals surface area (Å²) in [7, 11) is 1.47. The number of hydrogen-bond donors (Lipinski definition) is 0. The predicted molar refractivity (Wildman–Crippen MR) is 81.2 cm³/mol. The minimum atomic E-state index is -1.23. The molecule has 0 spiro atoms. The van der Waals surface area contributed by atoms with Gasteiger partial charge in [0, 0.05) is 13.5 Å². The number of carboxylic acid groups (broad SMARTS) is 1. The Balaban J connectivity index is 2.34. The Hall–Kier alpha value is -1.27. The fourth-order valence-corrected chi connectivity index (χ4v) is 4.26. The number of piperidine rings is 1. The van der Waals surface area contributed by atoms with E-state index >= 15 is 0 Å². The normalized spacial score (nSPS) is 30.6. The zero-order valence-corrected chi connectivity index (χ0v) is 14.1. The molecule has 2 fully saturated rings. The van der Waals surface area contributed by atoms with Crippen molar-refractivity contribution in [1.29, 1.82) is 0 Å². The molecule has 2 rings (SSSR count). The Kier molecular flexibility index (Phi) is 5.57. The third-order valence-corrected chi connectivity index (χ3v) is 5.78. The highest BCUT2D eigenvalue weighted by molar-refractivity contribution is 6.36. The fourth-order valence-electron chi connectivity index (χ4n) is 4.26. The number of carbonyl (C=O) groups excluding carboxylic acids is 3. The van der Waals surface area contributed by atoms with Crippen LogP contribution in [-0.2, 0) is 19.1 Å². The topological polar surface area (TPSA) is 83.5 Å². The molecular weight excluding hydrogens is 298 g/mol. The third-order valence-electron chi connectivity index (χ3n) is 5.78. The van der Waals surface area contributed by atoms with Crippen LogP contribution in [0.1, 0.15) is 58.3 Å². The van der Waals surface area contributed by atoms with Crippen LogP contribution in [0.4, 0.5) is 0 Å². The molecule has 1 saturated carbocycles. The first-order chi connectivity index (χ1) is 10.9. The third kappa shape index (κ3) is 3.06. The van der Waals surface area contributed by atoms with Gasteiger partial charge in [0.2, 0.25) is 0 Å². The molecule has 2 aliphatic rings. The maximum absolute atomic E-state index is 13.1. The molecule has 1 saturated heterocycles. The average molecular weight is 325 g/mol. The first-order valence-corrected chi connectivity index (χ1v) is 8.65. The number of nitrogens with zero attached hydrogens (tertiary/aromatic N) is 1. The Labute approximate surface area is 137 Å². The summed E-state index contributed by atoms with van der Waals surface area (Å²) >= 11 is 0. The molecule has 23 heavy (non-hydrogen) atoms. The van der Waals surface area contributed by atoms with Crippen molar-refractivity contribution in [2.75, 3.05) is 20.2 Å². The predicted octanol–water partition coefficient (Wildman–Crippen LogP) is 0.571. The van der Waals surface area contributed by atoms with E-state index in [1.165, 1.54) is 7.11 Å². The Morgan fingerprint density at radius 3 is 2.30 bits per heavy atom. The van der Waals surface area contributed by atoms with Crippen LogP contribution >= 0.6 is 0 Å². The van der Waals surface area contributed by atoms with Gasteiger partial charge in [-0.1, -0.05) is 19.3 Å². The zero-order valence-electron chi connectivity index (χ0n) is 14.1. The van der Waals surface area contributed by atoms with Gasteiger partial charge in [-0.2, -0.15) is 0 Å². The Bertz CT molecular complexity index is 483. The lowest BCUT2D eigenvalue weighted by Gasteiger charge is -2.46. The Morgan fingerprint density at radius 1 is 1.13 bits per heavy atom. The van der Waals surface area contributed by atoms with Gasteiger partial charge in [0.15, 0.2) is 0 Å². The molecule has 6 nitrogen and oxygen atoms in total. The second-order valence-corrected chi connectivity index (χ2v) is 6.80. The lowest BCUT2D eigenvalue weighted by molar-refractivity contribution is -0.873. The SMILES string of the molecule is CC[N+]1(C(=O)C(=O)C2(OC)CCCCC2)CCCCC1C(=O)[O-]. The monoisotopic (exact) mass is 325 g/mol. The van der Waals surface area contributed by atoms with Gasteiger partial charge in [-0.05, 0) is 32.6 Å². The van der Waals surface area contributed by atoms with Gasteiger partial charge >= 0.3 is 5.91 Å². The number of ether oxygens (including phenoxy) is 1. The van der Waals surface area contributed by atoms with Crippen molar-refractivity contribution in [1.82, 2.24) is 0 Å². The summed E-state index contributed by atoms with van der Waals surface area (Å²) in [5.74, 6) is -2.39. The molecule has 1 aliphatic carbocycles. The van der Waals surface area contributed by atoms with Crippen molar-refractivity contribution in [2.45, 2.75) is 69.9 Å². The zero-order chi connectivity index (χ0) is 17.1. The number of quaternary nitrogens is 1. The lowest BCUT2D eigenvalue weighted by atomic mass is 9.80. The van der Waals surface area contributed by atoms with E-state index in [2.05, 4.69) is 0 Å². The molecule has 130 valence electrons. The average Bonchev–Trinajstić information content (AvgIpc) is 2.60. The highest BCUT2D eigenvalue weighted by Gasteiger charge is 2.54. The van der Waals surface area contributed by atoms with E-state index in [1.807, 2.05) is 0 Å². The molecule has 2 atom stereocenters. The van der Waals surface area contributed by atoms with Gasteiger partial charge in [0.05, 0.1) is 19.1 Å². The number of Topliss-reactive ketones (excluding diaryl/α,β-unsaturated/α-hetero) is 1. The highest BCUT2D eigenvalue weighted by atomic mass is 16.5. The number of methoxy groups -OCH3 is 1. The number of likely N-dealkylation sites (tertiary alicyclic amines) is 1. The van der Waals surface area contributed by atoms with E-state index in [4.69, 9.17) is 4.74 Å². The molecule has 1 aliphatic heterocycles. The van der Waals surface area contributed by atoms with E-state index in [0.717, 1.165) is 32.1 Å². The molecule has 0 bridgehead atoms.